The van der Waals surface area contributed by atoms with Gasteiger partial charge in [0.05, 0.1) is 12.1 Å². The molecule has 2 heterocycles. The molecule has 0 spiro atoms. The molecule has 0 radical (unpaired) electrons. The third-order valence-electron chi connectivity index (χ3n) is 2.02. The van der Waals surface area contributed by atoms with E-state index in [4.69, 9.17) is 0 Å². The SMILES string of the molecule is Cc1cccn(Cc2cncs2)c1=O. The minimum Gasteiger partial charge on any atom is -0.310 e. The van der Waals surface area contributed by atoms with E-state index in [1.807, 2.05) is 19.1 Å². The maximum Gasteiger partial charge on any atom is 0.253 e. The Morgan fingerprint density at radius 1 is 1.57 bits per heavy atom. The Bertz CT molecular complexity index is 473. The van der Waals surface area contributed by atoms with Crippen LogP contribution in [0.15, 0.2) is 34.8 Å². The van der Waals surface area contributed by atoms with Gasteiger partial charge in [0.1, 0.15) is 0 Å². The van der Waals surface area contributed by atoms with Crippen LogP contribution >= 0.6 is 11.3 Å². The van der Waals surface area contributed by atoms with Gasteiger partial charge in [0.25, 0.3) is 5.56 Å². The van der Waals surface area contributed by atoms with E-state index in [2.05, 4.69) is 4.98 Å². The number of pyridine rings is 1. The number of rotatable bonds is 2. The van der Waals surface area contributed by atoms with E-state index in [9.17, 15) is 4.79 Å². The first-order valence-electron chi connectivity index (χ1n) is 4.31. The van der Waals surface area contributed by atoms with Crippen molar-refractivity contribution in [3.8, 4) is 0 Å². The lowest BCUT2D eigenvalue weighted by atomic mass is 10.3. The fourth-order valence-electron chi connectivity index (χ4n) is 1.27. The third kappa shape index (κ3) is 1.75. The Morgan fingerprint density at radius 2 is 2.43 bits per heavy atom. The van der Waals surface area contributed by atoms with Gasteiger partial charge < -0.3 is 4.57 Å². The Labute approximate surface area is 85.7 Å². The van der Waals surface area contributed by atoms with Crippen molar-refractivity contribution in [3.05, 3.63) is 50.8 Å². The van der Waals surface area contributed by atoms with Gasteiger partial charge in [0, 0.05) is 22.8 Å². The highest BCUT2D eigenvalue weighted by Gasteiger charge is 2.00. The number of hydrogen-bond acceptors (Lipinski definition) is 3. The maximum atomic E-state index is 11.6. The van der Waals surface area contributed by atoms with Crippen molar-refractivity contribution in [2.75, 3.05) is 0 Å². The predicted octanol–water partition coefficient (Wildman–Crippen LogP) is 1.66. The lowest BCUT2D eigenvalue weighted by Crippen LogP contribution is -2.21. The van der Waals surface area contributed by atoms with Gasteiger partial charge in [-0.25, -0.2) is 0 Å². The quantitative estimate of drug-likeness (QED) is 0.749. The van der Waals surface area contributed by atoms with E-state index < -0.39 is 0 Å². The first kappa shape index (κ1) is 9.15. The maximum absolute atomic E-state index is 11.6. The number of aromatic nitrogens is 2. The number of aryl methyl sites for hydroxylation is 1. The van der Waals surface area contributed by atoms with Gasteiger partial charge in [0.2, 0.25) is 0 Å². The molecular weight excluding hydrogens is 196 g/mol. The summed E-state index contributed by atoms with van der Waals surface area (Å²) >= 11 is 1.56. The molecule has 0 saturated carbocycles. The molecule has 4 heteroatoms. The molecule has 0 aliphatic carbocycles. The molecule has 0 unspecified atom stereocenters. The van der Waals surface area contributed by atoms with Crippen LogP contribution in [-0.2, 0) is 6.54 Å². The molecule has 3 nitrogen and oxygen atoms in total. The fourth-order valence-corrected chi connectivity index (χ4v) is 1.86. The lowest BCUT2D eigenvalue weighted by Gasteiger charge is -2.03. The summed E-state index contributed by atoms with van der Waals surface area (Å²) in [6.45, 7) is 2.44. The second kappa shape index (κ2) is 3.75. The highest BCUT2D eigenvalue weighted by Crippen LogP contribution is 2.06. The molecule has 2 aromatic heterocycles. The molecule has 2 rings (SSSR count). The number of nitrogens with zero attached hydrogens (tertiary/aromatic N) is 2. The van der Waals surface area contributed by atoms with Crippen molar-refractivity contribution >= 4 is 11.3 Å². The second-order valence-corrected chi connectivity index (χ2v) is 4.06. The largest absolute Gasteiger partial charge is 0.310 e. The number of thiazole rings is 1. The van der Waals surface area contributed by atoms with Crippen molar-refractivity contribution in [2.24, 2.45) is 0 Å². The fraction of sp³-hybridized carbons (Fsp3) is 0.200. The van der Waals surface area contributed by atoms with E-state index in [-0.39, 0.29) is 5.56 Å². The Balaban J connectivity index is 2.34. The highest BCUT2D eigenvalue weighted by molar-refractivity contribution is 7.09. The zero-order valence-electron chi connectivity index (χ0n) is 7.80. The molecule has 0 aromatic carbocycles. The predicted molar refractivity (Wildman–Crippen MR) is 56.7 cm³/mol. The molecule has 0 N–H and O–H groups in total. The topological polar surface area (TPSA) is 34.9 Å². The van der Waals surface area contributed by atoms with Gasteiger partial charge in [-0.2, -0.15) is 0 Å². The van der Waals surface area contributed by atoms with Crippen LogP contribution in [0.5, 0.6) is 0 Å². The Kier molecular flexibility index (Phi) is 2.45. The number of hydrogen-bond donors (Lipinski definition) is 0. The molecule has 72 valence electrons. The van der Waals surface area contributed by atoms with Crippen LogP contribution in [0, 0.1) is 6.92 Å². The molecule has 0 aliphatic rings. The van der Waals surface area contributed by atoms with E-state index in [0.29, 0.717) is 6.54 Å². The summed E-state index contributed by atoms with van der Waals surface area (Å²) in [6.07, 6.45) is 3.59. The van der Waals surface area contributed by atoms with Crippen molar-refractivity contribution in [2.45, 2.75) is 13.5 Å². The molecule has 0 bridgehead atoms. The summed E-state index contributed by atoms with van der Waals surface area (Å²) in [4.78, 5) is 16.7. The molecular formula is C10H10N2OS. The van der Waals surface area contributed by atoms with Crippen molar-refractivity contribution in [3.63, 3.8) is 0 Å². The van der Waals surface area contributed by atoms with Crippen molar-refractivity contribution in [1.29, 1.82) is 0 Å². The van der Waals surface area contributed by atoms with Crippen LogP contribution in [-0.4, -0.2) is 9.55 Å². The lowest BCUT2D eigenvalue weighted by molar-refractivity contribution is 0.761. The summed E-state index contributed by atoms with van der Waals surface area (Å²) < 4.78 is 1.70. The van der Waals surface area contributed by atoms with Gasteiger partial charge in [-0.3, -0.25) is 9.78 Å². The zero-order chi connectivity index (χ0) is 9.97. The van der Waals surface area contributed by atoms with Crippen LogP contribution in [0.4, 0.5) is 0 Å². The minimum absolute atomic E-state index is 0.0703. The van der Waals surface area contributed by atoms with E-state index in [0.717, 1.165) is 10.4 Å². The van der Waals surface area contributed by atoms with E-state index in [1.54, 1.807) is 33.8 Å². The molecule has 0 saturated heterocycles. The highest BCUT2D eigenvalue weighted by atomic mass is 32.1. The van der Waals surface area contributed by atoms with Gasteiger partial charge >= 0.3 is 0 Å². The molecule has 2 aromatic rings. The van der Waals surface area contributed by atoms with Gasteiger partial charge in [-0.15, -0.1) is 11.3 Å². The van der Waals surface area contributed by atoms with Crippen LogP contribution in [0.3, 0.4) is 0 Å². The van der Waals surface area contributed by atoms with Gasteiger partial charge in [0.15, 0.2) is 0 Å². The van der Waals surface area contributed by atoms with E-state index >= 15 is 0 Å². The average Bonchev–Trinajstić information content (AvgIpc) is 2.66. The summed E-state index contributed by atoms with van der Waals surface area (Å²) in [5.41, 5.74) is 2.62. The first-order valence-corrected chi connectivity index (χ1v) is 5.19. The van der Waals surface area contributed by atoms with Gasteiger partial charge in [-0.1, -0.05) is 6.07 Å². The Hall–Kier alpha value is -1.42. The molecule has 14 heavy (non-hydrogen) atoms. The first-order chi connectivity index (χ1) is 6.77. The van der Waals surface area contributed by atoms with Gasteiger partial charge in [-0.05, 0) is 13.0 Å². The average molecular weight is 206 g/mol. The van der Waals surface area contributed by atoms with Crippen LogP contribution in [0.2, 0.25) is 0 Å². The summed E-state index contributed by atoms with van der Waals surface area (Å²) in [5, 5.41) is 0. The minimum atomic E-state index is 0.0703. The van der Waals surface area contributed by atoms with E-state index in [1.165, 1.54) is 0 Å². The van der Waals surface area contributed by atoms with Crippen LogP contribution in [0.1, 0.15) is 10.4 Å². The molecule has 0 aliphatic heterocycles. The molecule has 0 fully saturated rings. The second-order valence-electron chi connectivity index (χ2n) is 3.09. The smallest absolute Gasteiger partial charge is 0.253 e. The summed E-state index contributed by atoms with van der Waals surface area (Å²) in [7, 11) is 0. The van der Waals surface area contributed by atoms with Crippen LogP contribution in [0.25, 0.3) is 0 Å². The summed E-state index contributed by atoms with van der Waals surface area (Å²) in [5.74, 6) is 0. The zero-order valence-corrected chi connectivity index (χ0v) is 8.62. The van der Waals surface area contributed by atoms with Crippen molar-refractivity contribution in [1.82, 2.24) is 9.55 Å². The summed E-state index contributed by atoms with van der Waals surface area (Å²) in [6, 6.07) is 3.71. The molecule has 0 amide bonds. The van der Waals surface area contributed by atoms with Crippen molar-refractivity contribution < 1.29 is 0 Å². The standard InChI is InChI=1S/C10H10N2OS/c1-8-3-2-4-12(10(8)13)6-9-5-11-7-14-9/h2-5,7H,6H2,1H3. The molecule has 0 atom stereocenters. The van der Waals surface area contributed by atoms with Crippen LogP contribution < -0.4 is 5.56 Å². The third-order valence-corrected chi connectivity index (χ3v) is 2.78. The Morgan fingerprint density at radius 3 is 3.14 bits per heavy atom. The normalized spacial score (nSPS) is 10.4. The monoisotopic (exact) mass is 206 g/mol.